The summed E-state index contributed by atoms with van der Waals surface area (Å²) >= 11 is 0. The van der Waals surface area contributed by atoms with Gasteiger partial charge in [-0.15, -0.1) is 0 Å². The van der Waals surface area contributed by atoms with Crippen LogP contribution in [0.4, 0.5) is 0 Å². The maximum atomic E-state index is 12.7. The van der Waals surface area contributed by atoms with Gasteiger partial charge in [-0.1, -0.05) is 6.07 Å². The molecule has 112 valence electrons. The third-order valence-electron chi connectivity index (χ3n) is 4.41. The van der Waals surface area contributed by atoms with Crippen molar-refractivity contribution in [3.05, 3.63) is 29.6 Å². The van der Waals surface area contributed by atoms with Gasteiger partial charge in [0.2, 0.25) is 11.8 Å². The predicted octanol–water partition coefficient (Wildman–Crippen LogP) is 1.41. The van der Waals surface area contributed by atoms with Gasteiger partial charge in [0.15, 0.2) is 0 Å². The Morgan fingerprint density at radius 3 is 2.67 bits per heavy atom. The van der Waals surface area contributed by atoms with Gasteiger partial charge < -0.3 is 10.2 Å². The number of carbonyl (C=O) groups is 2. The smallest absolute Gasteiger partial charge is 0.246 e. The van der Waals surface area contributed by atoms with E-state index in [0.29, 0.717) is 12.5 Å². The molecule has 1 N–H and O–H groups in total. The number of nitrogens with one attached hydrogen (secondary N) is 1. The van der Waals surface area contributed by atoms with Crippen LogP contribution < -0.4 is 5.32 Å². The molecule has 1 saturated heterocycles. The van der Waals surface area contributed by atoms with Crippen LogP contribution >= 0.6 is 0 Å². The Hall–Kier alpha value is -1.91. The van der Waals surface area contributed by atoms with E-state index in [-0.39, 0.29) is 17.9 Å². The molecule has 5 nitrogen and oxygen atoms in total. The molecule has 1 aliphatic carbocycles. The molecule has 1 aliphatic heterocycles. The summed E-state index contributed by atoms with van der Waals surface area (Å²) in [6.45, 7) is 6.00. The zero-order valence-corrected chi connectivity index (χ0v) is 12.7. The summed E-state index contributed by atoms with van der Waals surface area (Å²) in [5, 5.41) is 2.90. The van der Waals surface area contributed by atoms with Gasteiger partial charge in [-0.3, -0.25) is 14.6 Å². The lowest BCUT2D eigenvalue weighted by Crippen LogP contribution is -2.68. The number of nitrogens with zero attached hydrogens (tertiary/aromatic N) is 2. The molecule has 1 aromatic heterocycles. The van der Waals surface area contributed by atoms with Crippen molar-refractivity contribution in [3.8, 4) is 0 Å². The molecule has 2 aliphatic rings. The molecule has 0 aromatic carbocycles. The largest absolute Gasteiger partial charge is 0.342 e. The number of aryl methyl sites for hydroxylation is 1. The highest BCUT2D eigenvalue weighted by molar-refractivity contribution is 5.99. The number of pyridine rings is 1. The van der Waals surface area contributed by atoms with Gasteiger partial charge in [-0.2, -0.15) is 0 Å². The van der Waals surface area contributed by atoms with Gasteiger partial charge in [-0.25, -0.2) is 0 Å². The maximum Gasteiger partial charge on any atom is 0.246 e. The lowest BCUT2D eigenvalue weighted by molar-refractivity contribution is -0.156. The van der Waals surface area contributed by atoms with Crippen LogP contribution in [-0.2, 0) is 16.1 Å². The maximum absolute atomic E-state index is 12.7. The average Bonchev–Trinajstić information content (AvgIpc) is 3.24. The normalized spacial score (nSPS) is 24.9. The minimum atomic E-state index is -0.827. The second kappa shape index (κ2) is 4.83. The summed E-state index contributed by atoms with van der Waals surface area (Å²) in [7, 11) is 0. The van der Waals surface area contributed by atoms with Gasteiger partial charge in [0.25, 0.3) is 0 Å². The van der Waals surface area contributed by atoms with Crippen LogP contribution in [-0.4, -0.2) is 33.3 Å². The molecule has 21 heavy (non-hydrogen) atoms. The second-order valence-corrected chi connectivity index (χ2v) is 6.64. The van der Waals surface area contributed by atoms with E-state index in [1.165, 1.54) is 0 Å². The molecular weight excluding hydrogens is 266 g/mol. The Morgan fingerprint density at radius 2 is 2.05 bits per heavy atom. The van der Waals surface area contributed by atoms with E-state index in [2.05, 4.69) is 10.3 Å². The lowest BCUT2D eigenvalue weighted by Gasteiger charge is -2.44. The van der Waals surface area contributed by atoms with E-state index in [9.17, 15) is 9.59 Å². The summed E-state index contributed by atoms with van der Waals surface area (Å²) in [5.41, 5.74) is 1.19. The highest BCUT2D eigenvalue weighted by Gasteiger charge is 2.50. The number of rotatable bonds is 3. The number of carbonyl (C=O) groups excluding carboxylic acids is 2. The van der Waals surface area contributed by atoms with E-state index < -0.39 is 5.54 Å². The van der Waals surface area contributed by atoms with Crippen molar-refractivity contribution in [2.24, 2.45) is 5.92 Å². The van der Waals surface area contributed by atoms with Gasteiger partial charge >= 0.3 is 0 Å². The van der Waals surface area contributed by atoms with Crippen molar-refractivity contribution in [2.45, 2.75) is 51.7 Å². The van der Waals surface area contributed by atoms with Crippen molar-refractivity contribution in [2.75, 3.05) is 0 Å². The fourth-order valence-electron chi connectivity index (χ4n) is 2.86. The Labute approximate surface area is 124 Å². The number of piperazine rings is 1. The first-order chi connectivity index (χ1) is 9.89. The highest BCUT2D eigenvalue weighted by Crippen LogP contribution is 2.37. The van der Waals surface area contributed by atoms with Crippen LogP contribution in [0.3, 0.4) is 0 Å². The van der Waals surface area contributed by atoms with E-state index in [4.69, 9.17) is 0 Å². The van der Waals surface area contributed by atoms with Crippen LogP contribution in [0.1, 0.15) is 37.8 Å². The monoisotopic (exact) mass is 287 g/mol. The zero-order valence-electron chi connectivity index (χ0n) is 12.7. The fraction of sp³-hybridized carbons (Fsp3) is 0.562. The summed E-state index contributed by atoms with van der Waals surface area (Å²) in [4.78, 5) is 31.0. The van der Waals surface area contributed by atoms with Crippen molar-refractivity contribution in [3.63, 3.8) is 0 Å². The molecule has 2 heterocycles. The molecule has 1 atom stereocenters. The number of hydrogen-bond acceptors (Lipinski definition) is 3. The molecule has 0 spiro atoms. The summed E-state index contributed by atoms with van der Waals surface area (Å²) < 4.78 is 0. The molecule has 2 amide bonds. The Kier molecular flexibility index (Phi) is 3.23. The first-order valence-electron chi connectivity index (χ1n) is 7.42. The predicted molar refractivity (Wildman–Crippen MR) is 78.3 cm³/mol. The molecule has 5 heteroatoms. The summed E-state index contributed by atoms with van der Waals surface area (Å²) in [6, 6.07) is 1.66. The number of hydrogen-bond donors (Lipinski definition) is 1. The van der Waals surface area contributed by atoms with Crippen LogP contribution in [0.5, 0.6) is 0 Å². The first kappa shape index (κ1) is 14.0. The summed E-state index contributed by atoms with van der Waals surface area (Å²) in [6.07, 6.45) is 5.59. The molecule has 2 fully saturated rings. The topological polar surface area (TPSA) is 62.3 Å². The third-order valence-corrected chi connectivity index (χ3v) is 4.41. The minimum Gasteiger partial charge on any atom is -0.342 e. The van der Waals surface area contributed by atoms with Crippen LogP contribution in [0.25, 0.3) is 0 Å². The van der Waals surface area contributed by atoms with E-state index in [1.807, 2.05) is 13.0 Å². The third kappa shape index (κ3) is 2.52. The number of aromatic nitrogens is 1. The van der Waals surface area contributed by atoms with E-state index in [0.717, 1.165) is 24.0 Å². The van der Waals surface area contributed by atoms with Crippen molar-refractivity contribution in [1.29, 1.82) is 0 Å². The SMILES string of the molecule is Cc1cncc(CN2C(=O)C(C3CC3)NC(=O)C2(C)C)c1. The van der Waals surface area contributed by atoms with Gasteiger partial charge in [-0.05, 0) is 50.7 Å². The lowest BCUT2D eigenvalue weighted by atomic mass is 9.93. The van der Waals surface area contributed by atoms with E-state index in [1.54, 1.807) is 31.1 Å². The Morgan fingerprint density at radius 1 is 1.33 bits per heavy atom. The van der Waals surface area contributed by atoms with Crippen LogP contribution in [0.2, 0.25) is 0 Å². The van der Waals surface area contributed by atoms with Crippen LogP contribution in [0.15, 0.2) is 18.5 Å². The quantitative estimate of drug-likeness (QED) is 0.914. The molecular formula is C16H21N3O2. The minimum absolute atomic E-state index is 0.0311. The fourth-order valence-corrected chi connectivity index (χ4v) is 2.86. The first-order valence-corrected chi connectivity index (χ1v) is 7.42. The summed E-state index contributed by atoms with van der Waals surface area (Å²) in [5.74, 6) is 0.277. The molecule has 1 saturated carbocycles. The molecule has 0 radical (unpaired) electrons. The van der Waals surface area contributed by atoms with E-state index >= 15 is 0 Å². The Bertz CT molecular complexity index is 593. The number of amides is 2. The second-order valence-electron chi connectivity index (χ2n) is 6.64. The molecule has 3 rings (SSSR count). The van der Waals surface area contributed by atoms with Crippen molar-refractivity contribution >= 4 is 11.8 Å². The van der Waals surface area contributed by atoms with Crippen LogP contribution in [0, 0.1) is 12.8 Å². The molecule has 1 unspecified atom stereocenters. The van der Waals surface area contributed by atoms with Gasteiger partial charge in [0.05, 0.1) is 0 Å². The molecule has 0 bridgehead atoms. The highest BCUT2D eigenvalue weighted by atomic mass is 16.2. The molecule has 1 aromatic rings. The average molecular weight is 287 g/mol. The Balaban J connectivity index is 1.88. The van der Waals surface area contributed by atoms with Crippen molar-refractivity contribution in [1.82, 2.24) is 15.2 Å². The van der Waals surface area contributed by atoms with Gasteiger partial charge in [0, 0.05) is 18.9 Å². The zero-order chi connectivity index (χ0) is 15.2. The standard InChI is InChI=1S/C16H21N3O2/c1-10-6-11(8-17-7-10)9-19-14(20)13(12-4-5-12)18-15(21)16(19,2)3/h6-8,12-13H,4-5,9H2,1-3H3,(H,18,21). The van der Waals surface area contributed by atoms with Gasteiger partial charge in [0.1, 0.15) is 11.6 Å². The van der Waals surface area contributed by atoms with Crippen molar-refractivity contribution < 1.29 is 9.59 Å².